The van der Waals surface area contributed by atoms with E-state index >= 15 is 0 Å². The minimum atomic E-state index is -2.25. The van der Waals surface area contributed by atoms with Crippen LogP contribution in [0.3, 0.4) is 0 Å². The summed E-state index contributed by atoms with van der Waals surface area (Å²) in [4.78, 5) is 8.71. The number of aryl methyl sites for hydroxylation is 2. The summed E-state index contributed by atoms with van der Waals surface area (Å²) in [6, 6.07) is 36.9. The molecule has 0 bridgehead atoms. The number of benzene rings is 4. The van der Waals surface area contributed by atoms with Gasteiger partial charge in [0.2, 0.25) is 6.71 Å². The normalized spacial score (nSPS) is 14.6. The molecular formula is C40H33BIrN2O2-2. The second-order valence-electron chi connectivity index (χ2n) is 12.1. The molecule has 0 atom stereocenters. The predicted octanol–water partition coefficient (Wildman–Crippen LogP) is 7.74. The number of fused-ring (bicyclic) bond motifs is 4. The molecule has 0 saturated carbocycles. The Kier molecular flexibility index (Phi) is 6.82. The molecule has 1 radical (unpaired) electrons. The fourth-order valence-corrected chi connectivity index (χ4v) is 5.83. The Bertz CT molecular complexity index is 2230. The van der Waals surface area contributed by atoms with Gasteiger partial charge < -0.3 is 19.4 Å². The quantitative estimate of drug-likeness (QED) is 0.133. The van der Waals surface area contributed by atoms with E-state index in [1.54, 1.807) is 18.2 Å². The van der Waals surface area contributed by atoms with E-state index in [-0.39, 0.29) is 43.4 Å². The van der Waals surface area contributed by atoms with E-state index in [0.29, 0.717) is 22.8 Å². The topological polar surface area (TPSA) is 44.2 Å². The molecule has 0 unspecified atom stereocenters. The number of para-hydroxylation sites is 2. The molecule has 229 valence electrons. The van der Waals surface area contributed by atoms with Crippen molar-refractivity contribution in [3.05, 3.63) is 138 Å². The first-order chi connectivity index (χ1) is 24.2. The van der Waals surface area contributed by atoms with Gasteiger partial charge in [0, 0.05) is 52.2 Å². The van der Waals surface area contributed by atoms with Crippen molar-refractivity contribution in [1.29, 1.82) is 0 Å². The third-order valence-electron chi connectivity index (χ3n) is 7.98. The second kappa shape index (κ2) is 12.7. The summed E-state index contributed by atoms with van der Waals surface area (Å²) in [5, 5.41) is 0. The molecule has 6 aromatic rings. The SMILES string of the molecule is [2H]C([2H])([2H])c1ccc(-c2[c-]cccc2)nc1.[2H]C([2H])([2H])c1cnc(-c2[c-]cc3c4c2Oc2ccccc2B4c2ccccc2O3)cc1C(C)(C)C.[Ir]. The molecule has 4 nitrogen and oxygen atoms in total. The van der Waals surface area contributed by atoms with Gasteiger partial charge in [-0.3, -0.25) is 0 Å². The van der Waals surface area contributed by atoms with E-state index in [1.807, 2.05) is 87.5 Å². The van der Waals surface area contributed by atoms with Crippen molar-refractivity contribution in [3.63, 3.8) is 0 Å². The van der Waals surface area contributed by atoms with E-state index in [0.717, 1.165) is 44.7 Å². The molecule has 4 heterocycles. The van der Waals surface area contributed by atoms with Crippen LogP contribution in [0.4, 0.5) is 0 Å². The van der Waals surface area contributed by atoms with E-state index in [9.17, 15) is 0 Å². The summed E-state index contributed by atoms with van der Waals surface area (Å²) < 4.78 is 58.5. The molecule has 6 heteroatoms. The second-order valence-corrected chi connectivity index (χ2v) is 12.1. The van der Waals surface area contributed by atoms with Crippen LogP contribution in [0.1, 0.15) is 45.7 Å². The Morgan fingerprint density at radius 1 is 0.739 bits per heavy atom. The van der Waals surface area contributed by atoms with Gasteiger partial charge in [-0.2, -0.15) is 0 Å². The monoisotopic (exact) mass is 783 g/mol. The van der Waals surface area contributed by atoms with E-state index in [1.165, 1.54) is 12.4 Å². The van der Waals surface area contributed by atoms with Gasteiger partial charge in [-0.05, 0) is 70.3 Å². The fraction of sp³-hybridized carbons (Fsp3) is 0.150. The van der Waals surface area contributed by atoms with Crippen molar-refractivity contribution < 1.29 is 37.8 Å². The molecule has 0 N–H and O–H groups in total. The maximum Gasteiger partial charge on any atom is 0.239 e. The van der Waals surface area contributed by atoms with Crippen molar-refractivity contribution in [3.8, 4) is 45.5 Å². The Morgan fingerprint density at radius 2 is 1.46 bits per heavy atom. The largest absolute Gasteiger partial charge is 0.503 e. The van der Waals surface area contributed by atoms with Crippen LogP contribution in [0.25, 0.3) is 22.5 Å². The van der Waals surface area contributed by atoms with Crippen LogP contribution in [-0.2, 0) is 25.5 Å². The first-order valence-corrected chi connectivity index (χ1v) is 14.8. The average molecular weight is 783 g/mol. The van der Waals surface area contributed by atoms with Gasteiger partial charge in [-0.15, -0.1) is 48.0 Å². The van der Waals surface area contributed by atoms with Crippen LogP contribution in [-0.4, -0.2) is 16.7 Å². The van der Waals surface area contributed by atoms with Gasteiger partial charge in [-0.25, -0.2) is 0 Å². The van der Waals surface area contributed by atoms with Gasteiger partial charge in [0.15, 0.2) is 0 Å². The Morgan fingerprint density at radius 3 is 2.11 bits per heavy atom. The van der Waals surface area contributed by atoms with Crippen LogP contribution in [0.15, 0.2) is 109 Å². The number of pyridine rings is 2. The zero-order valence-corrected chi connectivity index (χ0v) is 27.9. The van der Waals surface area contributed by atoms with Crippen LogP contribution in [0.2, 0.25) is 0 Å². The molecule has 2 aliphatic heterocycles. The van der Waals surface area contributed by atoms with E-state index in [4.69, 9.17) is 17.7 Å². The summed E-state index contributed by atoms with van der Waals surface area (Å²) >= 11 is 0. The first-order valence-electron chi connectivity index (χ1n) is 17.8. The Labute approximate surface area is 293 Å². The minimum Gasteiger partial charge on any atom is -0.503 e. The zero-order valence-electron chi connectivity index (χ0n) is 31.5. The van der Waals surface area contributed by atoms with Crippen LogP contribution in [0.5, 0.6) is 23.0 Å². The van der Waals surface area contributed by atoms with Crippen molar-refractivity contribution in [2.45, 2.75) is 39.9 Å². The molecule has 0 fully saturated rings. The summed E-state index contributed by atoms with van der Waals surface area (Å²) in [6.45, 7) is 1.64. The Hall–Kier alpha value is -4.51. The summed E-state index contributed by atoms with van der Waals surface area (Å²) in [5.74, 6) is 2.96. The average Bonchev–Trinajstić information content (AvgIpc) is 3.11. The van der Waals surface area contributed by atoms with Crippen LogP contribution >= 0.6 is 0 Å². The van der Waals surface area contributed by atoms with Crippen LogP contribution in [0, 0.1) is 25.8 Å². The van der Waals surface area contributed by atoms with E-state index < -0.39 is 13.7 Å². The predicted molar refractivity (Wildman–Crippen MR) is 183 cm³/mol. The van der Waals surface area contributed by atoms with Crippen molar-refractivity contribution in [1.82, 2.24) is 9.97 Å². The molecule has 4 aromatic carbocycles. The Balaban J connectivity index is 0.000000230. The van der Waals surface area contributed by atoms with Gasteiger partial charge in [0.05, 0.1) is 0 Å². The molecule has 2 aliphatic rings. The van der Waals surface area contributed by atoms with Gasteiger partial charge in [-0.1, -0.05) is 86.4 Å². The number of ether oxygens (including phenoxy) is 2. The molecule has 0 aliphatic carbocycles. The first kappa shape index (κ1) is 24.7. The van der Waals surface area contributed by atoms with Gasteiger partial charge >= 0.3 is 0 Å². The van der Waals surface area contributed by atoms with E-state index in [2.05, 4.69) is 34.2 Å². The third kappa shape index (κ3) is 5.91. The molecular weight excluding hydrogens is 743 g/mol. The minimum absolute atomic E-state index is 0. The van der Waals surface area contributed by atoms with Gasteiger partial charge in [0.25, 0.3) is 0 Å². The summed E-state index contributed by atoms with van der Waals surface area (Å²) in [7, 11) is 0. The number of nitrogens with zero attached hydrogens (tertiary/aromatic N) is 2. The van der Waals surface area contributed by atoms with Gasteiger partial charge in [0.1, 0.15) is 11.5 Å². The molecule has 0 amide bonds. The van der Waals surface area contributed by atoms with Crippen molar-refractivity contribution >= 4 is 23.1 Å². The summed E-state index contributed by atoms with van der Waals surface area (Å²) in [6.07, 6.45) is 2.87. The molecule has 2 aromatic heterocycles. The van der Waals surface area contributed by atoms with Crippen LogP contribution < -0.4 is 25.9 Å². The standard InChI is InChI=1S/C28H23BNO2.C12H10N.Ir/c1-17-16-30-22(15-19(17)28(2,3)4)18-13-14-25-26-27(18)32-24-12-8-6-10-21(24)29(26)20-9-5-7-11-23(20)31-25;1-10-7-8-12(13-9-10)11-5-3-2-4-6-11;/h5-12,14-16H,1-4H3;2-5,7-9H,1H3;/q2*-1;/i2*1D3;. The third-order valence-corrected chi connectivity index (χ3v) is 7.98. The molecule has 0 saturated heterocycles. The number of hydrogen-bond acceptors (Lipinski definition) is 4. The zero-order chi connectivity index (χ0) is 36.1. The molecule has 0 spiro atoms. The maximum atomic E-state index is 8.00. The molecule has 46 heavy (non-hydrogen) atoms. The van der Waals surface area contributed by atoms with Crippen molar-refractivity contribution in [2.24, 2.45) is 0 Å². The number of rotatable bonds is 2. The van der Waals surface area contributed by atoms with Crippen molar-refractivity contribution in [2.75, 3.05) is 0 Å². The smallest absolute Gasteiger partial charge is 0.239 e. The summed E-state index contributed by atoms with van der Waals surface area (Å²) in [5.41, 5.74) is 6.87. The number of aromatic nitrogens is 2. The number of hydrogen-bond donors (Lipinski definition) is 0. The fourth-order valence-electron chi connectivity index (χ4n) is 5.83. The molecule has 8 rings (SSSR count). The maximum absolute atomic E-state index is 8.00.